The summed E-state index contributed by atoms with van der Waals surface area (Å²) in [7, 11) is 0. The minimum Gasteiger partial charge on any atom is -0.291 e. The molecule has 0 saturated carbocycles. The van der Waals surface area contributed by atoms with Crippen molar-refractivity contribution >= 4 is 6.29 Å². The van der Waals surface area contributed by atoms with Gasteiger partial charge >= 0.3 is 0 Å². The van der Waals surface area contributed by atoms with Gasteiger partial charge in [0.25, 0.3) is 0 Å². The summed E-state index contributed by atoms with van der Waals surface area (Å²) in [5, 5.41) is 7.77. The molecule has 0 aliphatic heterocycles. The lowest BCUT2D eigenvalue weighted by atomic mass is 10.4. The van der Waals surface area contributed by atoms with Crippen molar-refractivity contribution in [2.45, 2.75) is 12.8 Å². The molecule has 0 aromatic carbocycles. The fraction of sp³-hybridized carbons (Fsp3) is 0.500. The van der Waals surface area contributed by atoms with Gasteiger partial charge in [-0.3, -0.25) is 4.79 Å². The van der Waals surface area contributed by atoms with Crippen molar-refractivity contribution in [3.63, 3.8) is 0 Å². The normalized spacial score (nSPS) is 6.50. The molecule has 0 aliphatic rings. The van der Waals surface area contributed by atoms with Gasteiger partial charge in [0.1, 0.15) is 0 Å². The Kier molecular flexibility index (Phi) is 3.58. The third-order valence-electron chi connectivity index (χ3n) is 0.339. The first-order valence-electron chi connectivity index (χ1n) is 1.63. The third kappa shape index (κ3) is 3.16. The molecule has 2 heteroatoms. The molecule has 0 atom stereocenters. The molecular weight excluding hydrogens is 78.0 g/mol. The van der Waals surface area contributed by atoms with Crippen LogP contribution in [0.15, 0.2) is 0 Å². The van der Waals surface area contributed by atoms with Gasteiger partial charge in [0, 0.05) is 12.8 Å². The van der Waals surface area contributed by atoms with Gasteiger partial charge in [-0.25, -0.2) is 0 Å². The Balaban J connectivity index is 2.72. The predicted octanol–water partition coefficient (Wildman–Crippen LogP) is 0.400. The minimum atomic E-state index is 0.247. The zero-order chi connectivity index (χ0) is 4.83. The van der Waals surface area contributed by atoms with E-state index in [0.717, 1.165) is 0 Å². The first-order valence-corrected chi connectivity index (χ1v) is 1.63. The van der Waals surface area contributed by atoms with Gasteiger partial charge in [0.05, 0.1) is 6.07 Å². The molecule has 0 heterocycles. The van der Waals surface area contributed by atoms with Crippen LogP contribution in [0.4, 0.5) is 0 Å². The molecular formula is C4H4NO. The van der Waals surface area contributed by atoms with Crippen LogP contribution in [0, 0.1) is 11.3 Å². The zero-order valence-electron chi connectivity index (χ0n) is 3.27. The number of rotatable bonds is 2. The van der Waals surface area contributed by atoms with E-state index in [1.54, 1.807) is 12.4 Å². The van der Waals surface area contributed by atoms with Crippen molar-refractivity contribution in [2.24, 2.45) is 0 Å². The predicted molar refractivity (Wildman–Crippen MR) is 20.5 cm³/mol. The van der Waals surface area contributed by atoms with Gasteiger partial charge in [-0.05, 0) is 0 Å². The lowest BCUT2D eigenvalue weighted by molar-refractivity contribution is 0.552. The molecule has 1 radical (unpaired) electrons. The Morgan fingerprint density at radius 3 is 2.33 bits per heavy atom. The van der Waals surface area contributed by atoms with Crippen molar-refractivity contribution in [1.29, 1.82) is 5.26 Å². The Hall–Kier alpha value is -0.840. The van der Waals surface area contributed by atoms with Crippen LogP contribution in [0.5, 0.6) is 0 Å². The lowest BCUT2D eigenvalue weighted by Gasteiger charge is -1.64. The fourth-order valence-corrected chi connectivity index (χ4v) is 0.107. The highest BCUT2D eigenvalue weighted by Gasteiger charge is 1.75. The summed E-state index contributed by atoms with van der Waals surface area (Å²) < 4.78 is 0. The Labute approximate surface area is 36.4 Å². The monoisotopic (exact) mass is 82.0 g/mol. The van der Waals surface area contributed by atoms with E-state index in [1.807, 2.05) is 0 Å². The maximum Gasteiger partial charge on any atom is 0.199 e. The fourth-order valence-electron chi connectivity index (χ4n) is 0.107. The summed E-state index contributed by atoms with van der Waals surface area (Å²) in [6, 6.07) is 1.81. The van der Waals surface area contributed by atoms with Crippen LogP contribution in [0.2, 0.25) is 0 Å². The van der Waals surface area contributed by atoms with Crippen LogP contribution in [0.25, 0.3) is 0 Å². The molecule has 0 aromatic heterocycles. The Bertz CT molecular complexity index is 72.1. The molecule has 0 spiro atoms. The number of nitriles is 1. The van der Waals surface area contributed by atoms with Crippen molar-refractivity contribution in [1.82, 2.24) is 0 Å². The highest BCUT2D eigenvalue weighted by Crippen LogP contribution is 1.75. The summed E-state index contributed by atoms with van der Waals surface area (Å²) in [6.45, 7) is 0. The maximum atomic E-state index is 9.29. The van der Waals surface area contributed by atoms with Crippen LogP contribution in [0.3, 0.4) is 0 Å². The number of nitrogens with zero attached hydrogens (tertiary/aromatic N) is 1. The van der Waals surface area contributed by atoms with Gasteiger partial charge < -0.3 is 0 Å². The third-order valence-corrected chi connectivity index (χ3v) is 0.339. The molecule has 0 aliphatic carbocycles. The summed E-state index contributed by atoms with van der Waals surface area (Å²) in [6.07, 6.45) is 2.14. The summed E-state index contributed by atoms with van der Waals surface area (Å²) in [5.74, 6) is 0. The number of unbranched alkanes of at least 4 members (excludes halogenated alkanes) is 1. The van der Waals surface area contributed by atoms with Crippen LogP contribution < -0.4 is 0 Å². The molecule has 31 valence electrons. The lowest BCUT2D eigenvalue weighted by Crippen LogP contribution is -1.67. The average Bonchev–Trinajstić information content (AvgIpc) is 1.61. The van der Waals surface area contributed by atoms with E-state index >= 15 is 0 Å². The van der Waals surface area contributed by atoms with Crippen LogP contribution in [0.1, 0.15) is 12.8 Å². The van der Waals surface area contributed by atoms with Crippen molar-refractivity contribution < 1.29 is 4.79 Å². The molecule has 0 amide bonds. The van der Waals surface area contributed by atoms with Crippen LogP contribution in [-0.2, 0) is 4.79 Å². The van der Waals surface area contributed by atoms with Crippen molar-refractivity contribution in [2.75, 3.05) is 0 Å². The second-order valence-electron chi connectivity index (χ2n) is 0.802. The quantitative estimate of drug-likeness (QED) is 0.452. The molecule has 0 N–H and O–H groups in total. The average molecular weight is 82.1 g/mol. The topological polar surface area (TPSA) is 40.9 Å². The molecule has 0 unspecified atom stereocenters. The van der Waals surface area contributed by atoms with Crippen LogP contribution in [-0.4, -0.2) is 6.29 Å². The van der Waals surface area contributed by atoms with Gasteiger partial charge in [-0.2, -0.15) is 5.26 Å². The Morgan fingerprint density at radius 1 is 1.50 bits per heavy atom. The second-order valence-corrected chi connectivity index (χ2v) is 0.802. The molecule has 0 bridgehead atoms. The zero-order valence-corrected chi connectivity index (χ0v) is 3.27. The first-order chi connectivity index (χ1) is 2.91. The van der Waals surface area contributed by atoms with Crippen molar-refractivity contribution in [3.8, 4) is 6.07 Å². The van der Waals surface area contributed by atoms with E-state index in [0.29, 0.717) is 6.42 Å². The smallest absolute Gasteiger partial charge is 0.199 e. The van der Waals surface area contributed by atoms with Gasteiger partial charge in [0.2, 0.25) is 0 Å². The van der Waals surface area contributed by atoms with E-state index in [-0.39, 0.29) is 6.42 Å². The second kappa shape index (κ2) is 4.16. The van der Waals surface area contributed by atoms with Gasteiger partial charge in [-0.15, -0.1) is 0 Å². The van der Waals surface area contributed by atoms with Crippen LogP contribution >= 0.6 is 0 Å². The van der Waals surface area contributed by atoms with E-state index in [4.69, 9.17) is 5.26 Å². The highest BCUT2D eigenvalue weighted by atomic mass is 16.1. The number of hydrogen-bond acceptors (Lipinski definition) is 2. The number of hydrogen-bond donors (Lipinski definition) is 0. The van der Waals surface area contributed by atoms with E-state index in [9.17, 15) is 4.79 Å². The largest absolute Gasteiger partial charge is 0.291 e. The van der Waals surface area contributed by atoms with Gasteiger partial charge in [0.15, 0.2) is 6.29 Å². The SMILES string of the molecule is N#CCC[C]=O. The standard InChI is InChI=1S/C4H4NO/c5-3-1-2-4-6/h1-2H2. The molecule has 0 rings (SSSR count). The molecule has 0 fully saturated rings. The molecule has 2 nitrogen and oxygen atoms in total. The first kappa shape index (κ1) is 5.16. The molecule has 0 saturated heterocycles. The van der Waals surface area contributed by atoms with E-state index in [2.05, 4.69) is 0 Å². The number of carbonyl (C=O) groups excluding carboxylic acids is 1. The highest BCUT2D eigenvalue weighted by molar-refractivity contribution is 5.50. The molecule has 0 aromatic rings. The summed E-state index contributed by atoms with van der Waals surface area (Å²) >= 11 is 0. The summed E-state index contributed by atoms with van der Waals surface area (Å²) in [4.78, 5) is 9.29. The van der Waals surface area contributed by atoms with Crippen molar-refractivity contribution in [3.05, 3.63) is 0 Å². The Morgan fingerprint density at radius 2 is 2.17 bits per heavy atom. The minimum absolute atomic E-state index is 0.247. The van der Waals surface area contributed by atoms with Gasteiger partial charge in [-0.1, -0.05) is 0 Å². The van der Waals surface area contributed by atoms with E-state index < -0.39 is 0 Å². The summed E-state index contributed by atoms with van der Waals surface area (Å²) in [5.41, 5.74) is 0. The van der Waals surface area contributed by atoms with E-state index in [1.165, 1.54) is 0 Å². The maximum absolute atomic E-state index is 9.29. The molecule has 6 heavy (non-hydrogen) atoms.